The molecule has 18 heavy (non-hydrogen) atoms. The van der Waals surface area contributed by atoms with E-state index < -0.39 is 0 Å². The van der Waals surface area contributed by atoms with Gasteiger partial charge in [0, 0.05) is 19.0 Å². The summed E-state index contributed by atoms with van der Waals surface area (Å²) in [4.78, 5) is 8.25. The fourth-order valence-electron chi connectivity index (χ4n) is 1.79. The third-order valence-electron chi connectivity index (χ3n) is 2.82. The average molecular weight is 245 g/mol. The van der Waals surface area contributed by atoms with Crippen molar-refractivity contribution < 1.29 is 4.74 Å². The van der Waals surface area contributed by atoms with Gasteiger partial charge in [-0.1, -0.05) is 19.3 Å². The minimum atomic E-state index is 0.223. The third-order valence-corrected chi connectivity index (χ3v) is 2.82. The zero-order valence-corrected chi connectivity index (χ0v) is 10.8. The van der Waals surface area contributed by atoms with Gasteiger partial charge in [0.2, 0.25) is 5.88 Å². The van der Waals surface area contributed by atoms with Crippen LogP contribution in [-0.2, 0) is 0 Å². The van der Waals surface area contributed by atoms with Gasteiger partial charge in [-0.2, -0.15) is 0 Å². The quantitative estimate of drug-likeness (QED) is 0.648. The molecule has 1 fully saturated rings. The fourth-order valence-corrected chi connectivity index (χ4v) is 1.79. The van der Waals surface area contributed by atoms with E-state index >= 15 is 0 Å². The van der Waals surface area contributed by atoms with Crippen molar-refractivity contribution in [3.8, 4) is 17.7 Å². The van der Waals surface area contributed by atoms with E-state index in [1.165, 1.54) is 12.7 Å². The molecule has 0 bridgehead atoms. The van der Waals surface area contributed by atoms with Crippen LogP contribution < -0.4 is 10.1 Å². The van der Waals surface area contributed by atoms with Crippen molar-refractivity contribution >= 4 is 0 Å². The molecule has 1 aliphatic rings. The Hall–Kier alpha value is -1.60. The van der Waals surface area contributed by atoms with Crippen molar-refractivity contribution in [3.05, 3.63) is 18.1 Å². The van der Waals surface area contributed by atoms with Crippen LogP contribution in [0.3, 0.4) is 0 Å². The summed E-state index contributed by atoms with van der Waals surface area (Å²) in [7, 11) is 0. The van der Waals surface area contributed by atoms with Crippen LogP contribution in [0.15, 0.2) is 12.4 Å². The molecule has 96 valence electrons. The van der Waals surface area contributed by atoms with Crippen molar-refractivity contribution in [1.29, 1.82) is 0 Å². The number of nitrogens with one attached hydrogen (secondary N) is 1. The normalized spacial score (nSPS) is 18.2. The maximum atomic E-state index is 5.76. The Morgan fingerprint density at radius 2 is 2.44 bits per heavy atom. The van der Waals surface area contributed by atoms with Gasteiger partial charge in [0.05, 0.1) is 0 Å². The Balaban J connectivity index is 1.93. The Morgan fingerprint density at radius 1 is 1.50 bits per heavy atom. The minimum absolute atomic E-state index is 0.223. The SMILES string of the molecule is CCCCC#Cc1cc(OC2CCNC2)ncn1. The Kier molecular flexibility index (Phi) is 4.98. The van der Waals surface area contributed by atoms with Gasteiger partial charge in [0.1, 0.15) is 18.1 Å². The Labute approximate surface area is 108 Å². The second-order valence-corrected chi connectivity index (χ2v) is 4.38. The van der Waals surface area contributed by atoms with Gasteiger partial charge in [-0.05, 0) is 25.3 Å². The number of rotatable bonds is 4. The molecule has 1 unspecified atom stereocenters. The largest absolute Gasteiger partial charge is 0.473 e. The summed E-state index contributed by atoms with van der Waals surface area (Å²) in [6, 6.07) is 1.82. The monoisotopic (exact) mass is 245 g/mol. The van der Waals surface area contributed by atoms with Gasteiger partial charge in [0.15, 0.2) is 0 Å². The molecule has 0 saturated carbocycles. The molecular weight excluding hydrogens is 226 g/mol. The predicted octanol–water partition coefficient (Wildman–Crippen LogP) is 1.76. The summed E-state index contributed by atoms with van der Waals surface area (Å²) >= 11 is 0. The van der Waals surface area contributed by atoms with Crippen LogP contribution in [0.2, 0.25) is 0 Å². The summed E-state index contributed by atoms with van der Waals surface area (Å²) in [5, 5.41) is 3.26. The highest BCUT2D eigenvalue weighted by Gasteiger charge is 2.16. The minimum Gasteiger partial charge on any atom is -0.473 e. The van der Waals surface area contributed by atoms with E-state index in [0.717, 1.165) is 38.0 Å². The van der Waals surface area contributed by atoms with Gasteiger partial charge < -0.3 is 10.1 Å². The van der Waals surface area contributed by atoms with Gasteiger partial charge in [-0.25, -0.2) is 9.97 Å². The zero-order chi connectivity index (χ0) is 12.6. The molecular formula is C14H19N3O. The van der Waals surface area contributed by atoms with Crippen LogP contribution in [-0.4, -0.2) is 29.2 Å². The van der Waals surface area contributed by atoms with Crippen molar-refractivity contribution in [1.82, 2.24) is 15.3 Å². The standard InChI is InChI=1S/C14H19N3O/c1-2-3-4-5-6-12-9-14(17-11-16-12)18-13-7-8-15-10-13/h9,11,13,15H,2-4,7-8,10H2,1H3. The predicted molar refractivity (Wildman–Crippen MR) is 70.3 cm³/mol. The van der Waals surface area contributed by atoms with Gasteiger partial charge in [0.25, 0.3) is 0 Å². The first kappa shape index (κ1) is 12.8. The van der Waals surface area contributed by atoms with E-state index in [-0.39, 0.29) is 6.10 Å². The molecule has 0 radical (unpaired) electrons. The summed E-state index contributed by atoms with van der Waals surface area (Å²) in [5.41, 5.74) is 0.738. The molecule has 1 saturated heterocycles. The van der Waals surface area contributed by atoms with Crippen molar-refractivity contribution in [2.75, 3.05) is 13.1 Å². The maximum Gasteiger partial charge on any atom is 0.217 e. The van der Waals surface area contributed by atoms with Crippen LogP contribution in [0.1, 0.15) is 38.3 Å². The lowest BCUT2D eigenvalue weighted by molar-refractivity contribution is 0.213. The van der Waals surface area contributed by atoms with Crippen LogP contribution in [0.4, 0.5) is 0 Å². The molecule has 2 rings (SSSR count). The lowest BCUT2D eigenvalue weighted by Gasteiger charge is -2.10. The molecule has 0 aromatic carbocycles. The topological polar surface area (TPSA) is 47.0 Å². The lowest BCUT2D eigenvalue weighted by atomic mass is 10.2. The fraction of sp³-hybridized carbons (Fsp3) is 0.571. The number of hydrogen-bond donors (Lipinski definition) is 1. The number of unbranched alkanes of at least 4 members (excludes halogenated alkanes) is 2. The summed E-state index contributed by atoms with van der Waals surface area (Å²) < 4.78 is 5.76. The first-order valence-corrected chi connectivity index (χ1v) is 6.57. The second kappa shape index (κ2) is 6.97. The maximum absolute atomic E-state index is 5.76. The Morgan fingerprint density at radius 3 is 3.22 bits per heavy atom. The molecule has 4 heteroatoms. The highest BCUT2D eigenvalue weighted by atomic mass is 16.5. The molecule has 0 amide bonds. The molecule has 1 aliphatic heterocycles. The van der Waals surface area contributed by atoms with Crippen LogP contribution >= 0.6 is 0 Å². The molecule has 0 aliphatic carbocycles. The first-order valence-electron chi connectivity index (χ1n) is 6.57. The van der Waals surface area contributed by atoms with E-state index in [0.29, 0.717) is 5.88 Å². The number of aromatic nitrogens is 2. The molecule has 0 spiro atoms. The molecule has 1 N–H and O–H groups in total. The second-order valence-electron chi connectivity index (χ2n) is 4.38. The average Bonchev–Trinajstić information content (AvgIpc) is 2.88. The van der Waals surface area contributed by atoms with Gasteiger partial charge in [-0.3, -0.25) is 0 Å². The smallest absolute Gasteiger partial charge is 0.217 e. The zero-order valence-electron chi connectivity index (χ0n) is 10.8. The third kappa shape index (κ3) is 4.01. The number of hydrogen-bond acceptors (Lipinski definition) is 4. The number of nitrogens with zero attached hydrogens (tertiary/aromatic N) is 2. The van der Waals surface area contributed by atoms with Crippen molar-refractivity contribution in [2.45, 2.75) is 38.7 Å². The number of ether oxygens (including phenoxy) is 1. The molecule has 1 aromatic rings. The highest BCUT2D eigenvalue weighted by Crippen LogP contribution is 2.11. The first-order chi connectivity index (χ1) is 8.88. The van der Waals surface area contributed by atoms with E-state index in [1.807, 2.05) is 6.07 Å². The van der Waals surface area contributed by atoms with Gasteiger partial charge in [-0.15, -0.1) is 0 Å². The summed E-state index contributed by atoms with van der Waals surface area (Å²) in [6.45, 7) is 4.06. The molecule has 1 aromatic heterocycles. The van der Waals surface area contributed by atoms with Crippen LogP contribution in [0.5, 0.6) is 5.88 Å². The Bertz CT molecular complexity index is 430. The highest BCUT2D eigenvalue weighted by molar-refractivity contribution is 5.30. The van der Waals surface area contributed by atoms with Crippen LogP contribution in [0.25, 0.3) is 0 Å². The van der Waals surface area contributed by atoms with E-state index in [4.69, 9.17) is 4.74 Å². The van der Waals surface area contributed by atoms with Crippen molar-refractivity contribution in [3.63, 3.8) is 0 Å². The van der Waals surface area contributed by atoms with E-state index in [9.17, 15) is 0 Å². The summed E-state index contributed by atoms with van der Waals surface area (Å²) in [6.07, 6.45) is 5.99. The van der Waals surface area contributed by atoms with Crippen LogP contribution in [0, 0.1) is 11.8 Å². The van der Waals surface area contributed by atoms with E-state index in [1.54, 1.807) is 0 Å². The molecule has 2 heterocycles. The molecule has 4 nitrogen and oxygen atoms in total. The summed E-state index contributed by atoms with van der Waals surface area (Å²) in [5.74, 6) is 6.79. The van der Waals surface area contributed by atoms with Crippen molar-refractivity contribution in [2.24, 2.45) is 0 Å². The van der Waals surface area contributed by atoms with E-state index in [2.05, 4.69) is 34.0 Å². The van der Waals surface area contributed by atoms with Gasteiger partial charge >= 0.3 is 0 Å². The lowest BCUT2D eigenvalue weighted by Crippen LogP contribution is -2.20. The molecule has 1 atom stereocenters.